The number of nitrogens with one attached hydrogen (secondary N) is 1. The van der Waals surface area contributed by atoms with Crippen molar-refractivity contribution in [2.75, 3.05) is 20.8 Å². The highest BCUT2D eigenvalue weighted by molar-refractivity contribution is 5.88. The third-order valence-electron chi connectivity index (χ3n) is 4.22. The zero-order valence-electron chi connectivity index (χ0n) is 16.0. The van der Waals surface area contributed by atoms with Gasteiger partial charge >= 0.3 is 0 Å². The molecule has 2 rings (SSSR count). The standard InChI is InChI=1S/C21H26N2O4/c1-4-19(21(25)22-2)23(14-16-9-8-12-18(13-16)26-3)20(24)15-27-17-10-6-5-7-11-17/h5-13,19H,4,14-15H2,1-3H3,(H,22,25). The highest BCUT2D eigenvalue weighted by atomic mass is 16.5. The Morgan fingerprint density at radius 1 is 1.07 bits per heavy atom. The van der Waals surface area contributed by atoms with Gasteiger partial charge in [-0.25, -0.2) is 0 Å². The van der Waals surface area contributed by atoms with Crippen LogP contribution in [0.15, 0.2) is 54.6 Å². The maximum Gasteiger partial charge on any atom is 0.261 e. The lowest BCUT2D eigenvalue weighted by atomic mass is 10.1. The average Bonchev–Trinajstić information content (AvgIpc) is 2.72. The summed E-state index contributed by atoms with van der Waals surface area (Å²) in [5, 5.41) is 2.64. The fourth-order valence-corrected chi connectivity index (χ4v) is 2.80. The van der Waals surface area contributed by atoms with Crippen molar-refractivity contribution in [2.45, 2.75) is 25.9 Å². The third-order valence-corrected chi connectivity index (χ3v) is 4.22. The summed E-state index contributed by atoms with van der Waals surface area (Å²) in [6.45, 7) is 2.03. The van der Waals surface area contributed by atoms with Gasteiger partial charge in [0, 0.05) is 13.6 Å². The zero-order chi connectivity index (χ0) is 19.6. The zero-order valence-corrected chi connectivity index (χ0v) is 16.0. The van der Waals surface area contributed by atoms with Gasteiger partial charge in [-0.05, 0) is 36.2 Å². The Bertz CT molecular complexity index is 749. The number of hydrogen-bond donors (Lipinski definition) is 1. The summed E-state index contributed by atoms with van der Waals surface area (Å²) < 4.78 is 10.8. The normalized spacial score (nSPS) is 11.4. The van der Waals surface area contributed by atoms with Gasteiger partial charge in [-0.15, -0.1) is 0 Å². The molecule has 0 aliphatic rings. The largest absolute Gasteiger partial charge is 0.497 e. The highest BCUT2D eigenvalue weighted by Gasteiger charge is 2.28. The molecule has 0 aromatic heterocycles. The molecule has 27 heavy (non-hydrogen) atoms. The van der Waals surface area contributed by atoms with Gasteiger partial charge in [-0.1, -0.05) is 37.3 Å². The smallest absolute Gasteiger partial charge is 0.261 e. The first-order valence-electron chi connectivity index (χ1n) is 8.90. The third kappa shape index (κ3) is 5.74. The molecule has 0 radical (unpaired) electrons. The fraction of sp³-hybridized carbons (Fsp3) is 0.333. The molecule has 0 fully saturated rings. The monoisotopic (exact) mass is 370 g/mol. The van der Waals surface area contributed by atoms with Crippen molar-refractivity contribution in [1.29, 1.82) is 0 Å². The van der Waals surface area contributed by atoms with Crippen LogP contribution < -0.4 is 14.8 Å². The minimum atomic E-state index is -0.576. The van der Waals surface area contributed by atoms with E-state index in [0.717, 1.165) is 5.56 Å². The van der Waals surface area contributed by atoms with Crippen LogP contribution in [0.5, 0.6) is 11.5 Å². The lowest BCUT2D eigenvalue weighted by molar-refractivity contribution is -0.142. The Balaban J connectivity index is 2.19. The van der Waals surface area contributed by atoms with Crippen molar-refractivity contribution in [2.24, 2.45) is 0 Å². The first-order chi connectivity index (χ1) is 13.1. The molecule has 0 aliphatic heterocycles. The second-order valence-electron chi connectivity index (χ2n) is 6.01. The van der Waals surface area contributed by atoms with Gasteiger partial charge in [-0.3, -0.25) is 9.59 Å². The van der Waals surface area contributed by atoms with Crippen LogP contribution >= 0.6 is 0 Å². The SMILES string of the molecule is CCC(C(=O)NC)N(Cc1cccc(OC)c1)C(=O)COc1ccccc1. The van der Waals surface area contributed by atoms with Gasteiger partial charge in [0.1, 0.15) is 17.5 Å². The Morgan fingerprint density at radius 2 is 1.78 bits per heavy atom. The Morgan fingerprint density at radius 3 is 2.41 bits per heavy atom. The predicted octanol–water partition coefficient (Wildman–Crippen LogP) is 2.63. The van der Waals surface area contributed by atoms with Crippen molar-refractivity contribution < 1.29 is 19.1 Å². The fourth-order valence-electron chi connectivity index (χ4n) is 2.80. The lowest BCUT2D eigenvalue weighted by Gasteiger charge is -2.30. The van der Waals surface area contributed by atoms with E-state index in [1.807, 2.05) is 49.4 Å². The van der Waals surface area contributed by atoms with Crippen molar-refractivity contribution >= 4 is 11.8 Å². The second-order valence-corrected chi connectivity index (χ2v) is 6.01. The summed E-state index contributed by atoms with van der Waals surface area (Å²) in [6.07, 6.45) is 0.501. The maximum atomic E-state index is 12.9. The lowest BCUT2D eigenvalue weighted by Crippen LogP contribution is -2.49. The molecule has 0 spiro atoms. The molecule has 2 amide bonds. The van der Waals surface area contributed by atoms with Crippen LogP contribution in [0, 0.1) is 0 Å². The number of methoxy groups -OCH3 is 1. The van der Waals surface area contributed by atoms with Crippen LogP contribution in [0.2, 0.25) is 0 Å². The minimum Gasteiger partial charge on any atom is -0.497 e. The molecule has 1 atom stereocenters. The Hall–Kier alpha value is -3.02. The summed E-state index contributed by atoms with van der Waals surface area (Å²) >= 11 is 0. The first-order valence-corrected chi connectivity index (χ1v) is 8.90. The molecular formula is C21H26N2O4. The summed E-state index contributed by atoms with van der Waals surface area (Å²) in [5.74, 6) is 0.860. The number of benzene rings is 2. The van der Waals surface area contributed by atoms with Gasteiger partial charge in [0.05, 0.1) is 7.11 Å². The topological polar surface area (TPSA) is 67.9 Å². The van der Waals surface area contributed by atoms with Crippen LogP contribution in [0.4, 0.5) is 0 Å². The summed E-state index contributed by atoms with van der Waals surface area (Å²) in [6, 6.07) is 16.0. The molecule has 1 N–H and O–H groups in total. The summed E-state index contributed by atoms with van der Waals surface area (Å²) in [4.78, 5) is 26.7. The van der Waals surface area contributed by atoms with E-state index in [1.54, 1.807) is 31.2 Å². The van der Waals surface area contributed by atoms with E-state index in [9.17, 15) is 9.59 Å². The number of carbonyl (C=O) groups is 2. The van der Waals surface area contributed by atoms with Crippen molar-refractivity contribution in [3.63, 3.8) is 0 Å². The van der Waals surface area contributed by atoms with Gasteiger partial charge in [0.15, 0.2) is 6.61 Å². The Labute approximate surface area is 160 Å². The number of likely N-dealkylation sites (N-methyl/N-ethyl adjacent to an activating group) is 1. The van der Waals surface area contributed by atoms with Gasteiger partial charge in [0.2, 0.25) is 5.91 Å². The molecule has 0 aliphatic carbocycles. The number of nitrogens with zero attached hydrogens (tertiary/aromatic N) is 1. The van der Waals surface area contributed by atoms with E-state index in [4.69, 9.17) is 9.47 Å². The highest BCUT2D eigenvalue weighted by Crippen LogP contribution is 2.18. The molecule has 0 saturated carbocycles. The van der Waals surface area contributed by atoms with Gasteiger partial charge in [-0.2, -0.15) is 0 Å². The van der Waals surface area contributed by atoms with Gasteiger partial charge in [0.25, 0.3) is 5.91 Å². The number of ether oxygens (including phenoxy) is 2. The molecule has 6 heteroatoms. The molecule has 0 saturated heterocycles. The van der Waals surface area contributed by atoms with Crippen LogP contribution in [0.25, 0.3) is 0 Å². The molecule has 6 nitrogen and oxygen atoms in total. The second kappa shape index (κ2) is 10.2. The molecule has 0 heterocycles. The van der Waals surface area contributed by atoms with E-state index in [-0.39, 0.29) is 18.4 Å². The molecule has 2 aromatic carbocycles. The summed E-state index contributed by atoms with van der Waals surface area (Å²) in [5.41, 5.74) is 0.879. The number of hydrogen-bond acceptors (Lipinski definition) is 4. The Kier molecular flexibility index (Phi) is 7.67. The number of para-hydroxylation sites is 1. The van der Waals surface area contributed by atoms with Crippen LogP contribution in [-0.4, -0.2) is 43.5 Å². The van der Waals surface area contributed by atoms with E-state index in [1.165, 1.54) is 0 Å². The predicted molar refractivity (Wildman–Crippen MR) is 104 cm³/mol. The summed E-state index contributed by atoms with van der Waals surface area (Å²) in [7, 11) is 3.16. The van der Waals surface area contributed by atoms with E-state index in [0.29, 0.717) is 24.5 Å². The van der Waals surface area contributed by atoms with E-state index in [2.05, 4.69) is 5.32 Å². The molecule has 2 aromatic rings. The van der Waals surface area contributed by atoms with Crippen molar-refractivity contribution in [3.05, 3.63) is 60.2 Å². The van der Waals surface area contributed by atoms with Gasteiger partial charge < -0.3 is 19.7 Å². The maximum absolute atomic E-state index is 12.9. The molecule has 144 valence electrons. The van der Waals surface area contributed by atoms with Crippen molar-refractivity contribution in [1.82, 2.24) is 10.2 Å². The number of carbonyl (C=O) groups excluding carboxylic acids is 2. The van der Waals surface area contributed by atoms with Crippen LogP contribution in [-0.2, 0) is 16.1 Å². The molecule has 0 bridgehead atoms. The number of rotatable bonds is 9. The molecule has 1 unspecified atom stereocenters. The van der Waals surface area contributed by atoms with Crippen LogP contribution in [0.1, 0.15) is 18.9 Å². The van der Waals surface area contributed by atoms with Crippen molar-refractivity contribution in [3.8, 4) is 11.5 Å². The quantitative estimate of drug-likeness (QED) is 0.737. The minimum absolute atomic E-state index is 0.137. The number of amides is 2. The first kappa shape index (κ1) is 20.3. The van der Waals surface area contributed by atoms with E-state index >= 15 is 0 Å². The average molecular weight is 370 g/mol. The van der Waals surface area contributed by atoms with E-state index < -0.39 is 6.04 Å². The van der Waals surface area contributed by atoms with Crippen LogP contribution in [0.3, 0.4) is 0 Å². The molecular weight excluding hydrogens is 344 g/mol.